The molecule has 0 aliphatic rings. The number of rotatable bonds is 9. The maximum Gasteiger partial charge on any atom is 0.0946 e. The largest absolute Gasteiger partial charge is 0.336 e. The van der Waals surface area contributed by atoms with Crippen LogP contribution < -0.4 is 5.32 Å². The summed E-state index contributed by atoms with van der Waals surface area (Å²) in [5.41, 5.74) is 1.40. The molecule has 0 radical (unpaired) electrons. The minimum absolute atomic E-state index is 0.464. The Morgan fingerprint density at radius 2 is 2.05 bits per heavy atom. The van der Waals surface area contributed by atoms with Gasteiger partial charge < -0.3 is 9.88 Å². The van der Waals surface area contributed by atoms with Crippen LogP contribution in [-0.4, -0.2) is 16.1 Å². The molecule has 0 aliphatic heterocycles. The topological polar surface area (TPSA) is 29.9 Å². The minimum Gasteiger partial charge on any atom is -0.336 e. The maximum atomic E-state index is 4.07. The number of nitrogens with one attached hydrogen (secondary N) is 1. The highest BCUT2D eigenvalue weighted by Crippen LogP contribution is 2.19. The highest BCUT2D eigenvalue weighted by molar-refractivity contribution is 5.18. The first-order chi connectivity index (χ1) is 9.90. The van der Waals surface area contributed by atoms with Crippen LogP contribution in [0, 0.1) is 0 Å². The van der Waals surface area contributed by atoms with Gasteiger partial charge >= 0.3 is 0 Å². The quantitative estimate of drug-likeness (QED) is 0.703. The van der Waals surface area contributed by atoms with Crippen LogP contribution in [0.2, 0.25) is 0 Å². The number of aromatic nitrogens is 2. The van der Waals surface area contributed by atoms with E-state index in [-0.39, 0.29) is 0 Å². The van der Waals surface area contributed by atoms with Crippen LogP contribution in [-0.2, 0) is 6.54 Å². The molecule has 0 amide bonds. The molecule has 1 aromatic heterocycles. The Hall–Kier alpha value is -1.61. The fourth-order valence-electron chi connectivity index (χ4n) is 2.46. The van der Waals surface area contributed by atoms with Crippen molar-refractivity contribution in [3.63, 3.8) is 0 Å². The van der Waals surface area contributed by atoms with Gasteiger partial charge in [0, 0.05) is 31.5 Å². The number of benzene rings is 1. The number of unbranched alkanes of at least 4 members (excludes halogenated alkanes) is 2. The zero-order chi connectivity index (χ0) is 14.0. The van der Waals surface area contributed by atoms with E-state index in [1.54, 1.807) is 0 Å². The Kier molecular flexibility index (Phi) is 6.32. The summed E-state index contributed by atoms with van der Waals surface area (Å²) in [4.78, 5) is 4.07. The summed E-state index contributed by atoms with van der Waals surface area (Å²) in [6.45, 7) is 4.20. The first-order valence-corrected chi connectivity index (χ1v) is 7.64. The molecule has 0 fully saturated rings. The Morgan fingerprint density at radius 1 is 1.20 bits per heavy atom. The molecule has 3 nitrogen and oxygen atoms in total. The lowest BCUT2D eigenvalue weighted by Crippen LogP contribution is -2.25. The predicted octanol–water partition coefficient (Wildman–Crippen LogP) is 3.79. The van der Waals surface area contributed by atoms with Crippen LogP contribution in [0.1, 0.15) is 44.2 Å². The van der Waals surface area contributed by atoms with Crippen molar-refractivity contribution in [3.8, 4) is 0 Å². The van der Waals surface area contributed by atoms with Gasteiger partial charge in [0.15, 0.2) is 0 Å². The third-order valence-electron chi connectivity index (χ3n) is 3.62. The molecule has 3 heteroatoms. The number of nitrogens with zero attached hydrogens (tertiary/aromatic N) is 2. The molecule has 2 rings (SSSR count). The van der Waals surface area contributed by atoms with Gasteiger partial charge in [-0.05, 0) is 12.0 Å². The molecule has 20 heavy (non-hydrogen) atoms. The molecule has 2 aromatic rings. The summed E-state index contributed by atoms with van der Waals surface area (Å²) in [6.07, 6.45) is 10.8. The summed E-state index contributed by atoms with van der Waals surface area (Å²) in [5.74, 6) is 0. The van der Waals surface area contributed by atoms with E-state index in [0.29, 0.717) is 6.04 Å². The summed E-state index contributed by atoms with van der Waals surface area (Å²) in [7, 11) is 0. The molecule has 0 saturated heterocycles. The van der Waals surface area contributed by atoms with Gasteiger partial charge in [-0.15, -0.1) is 0 Å². The van der Waals surface area contributed by atoms with Gasteiger partial charge in [-0.3, -0.25) is 0 Å². The van der Waals surface area contributed by atoms with Crippen LogP contribution in [0.4, 0.5) is 0 Å². The zero-order valence-electron chi connectivity index (χ0n) is 12.3. The second kappa shape index (κ2) is 8.54. The number of hydrogen-bond donors (Lipinski definition) is 1. The highest BCUT2D eigenvalue weighted by atomic mass is 15.0. The molecule has 1 aromatic carbocycles. The molecular formula is C17H25N3. The zero-order valence-corrected chi connectivity index (χ0v) is 12.3. The number of hydrogen-bond acceptors (Lipinski definition) is 2. The molecule has 1 N–H and O–H groups in total. The molecule has 1 unspecified atom stereocenters. The van der Waals surface area contributed by atoms with Gasteiger partial charge in [0.25, 0.3) is 0 Å². The Balaban J connectivity index is 1.85. The summed E-state index contributed by atoms with van der Waals surface area (Å²) < 4.78 is 2.11. The van der Waals surface area contributed by atoms with Gasteiger partial charge in [0.05, 0.1) is 6.33 Å². The lowest BCUT2D eigenvalue weighted by Gasteiger charge is -2.19. The fourth-order valence-corrected chi connectivity index (χ4v) is 2.46. The lowest BCUT2D eigenvalue weighted by atomic mass is 10.0. The normalized spacial score (nSPS) is 12.4. The molecule has 108 valence electrons. The number of imidazole rings is 1. The standard InChI is InChI=1S/C17H25N3/c1-2-3-5-10-17(16-8-6-4-7-9-16)19-12-14-20-13-11-18-15-20/h4,6-9,11,13,15,17,19H,2-3,5,10,12,14H2,1H3. The van der Waals surface area contributed by atoms with Crippen LogP contribution >= 0.6 is 0 Å². The van der Waals surface area contributed by atoms with E-state index < -0.39 is 0 Å². The van der Waals surface area contributed by atoms with Crippen molar-refractivity contribution in [2.45, 2.75) is 45.2 Å². The van der Waals surface area contributed by atoms with Crippen LogP contribution in [0.25, 0.3) is 0 Å². The predicted molar refractivity (Wildman–Crippen MR) is 83.6 cm³/mol. The van der Waals surface area contributed by atoms with E-state index in [2.05, 4.69) is 52.1 Å². The van der Waals surface area contributed by atoms with E-state index >= 15 is 0 Å². The molecule has 0 spiro atoms. The first kappa shape index (κ1) is 14.8. The average Bonchev–Trinajstić information content (AvgIpc) is 3.00. The van der Waals surface area contributed by atoms with Crippen molar-refractivity contribution >= 4 is 0 Å². The van der Waals surface area contributed by atoms with E-state index in [9.17, 15) is 0 Å². The van der Waals surface area contributed by atoms with Crippen molar-refractivity contribution in [1.29, 1.82) is 0 Å². The smallest absolute Gasteiger partial charge is 0.0946 e. The van der Waals surface area contributed by atoms with Crippen molar-refractivity contribution in [1.82, 2.24) is 14.9 Å². The second-order valence-electron chi connectivity index (χ2n) is 5.21. The van der Waals surface area contributed by atoms with Crippen LogP contribution in [0.3, 0.4) is 0 Å². The maximum absolute atomic E-state index is 4.07. The van der Waals surface area contributed by atoms with Crippen LogP contribution in [0.15, 0.2) is 49.1 Å². The van der Waals surface area contributed by atoms with Crippen molar-refractivity contribution < 1.29 is 0 Å². The van der Waals surface area contributed by atoms with Gasteiger partial charge in [-0.2, -0.15) is 0 Å². The van der Waals surface area contributed by atoms with Gasteiger partial charge in [0.1, 0.15) is 0 Å². The monoisotopic (exact) mass is 271 g/mol. The van der Waals surface area contributed by atoms with Crippen molar-refractivity contribution in [2.24, 2.45) is 0 Å². The van der Waals surface area contributed by atoms with Crippen molar-refractivity contribution in [2.75, 3.05) is 6.54 Å². The van der Waals surface area contributed by atoms with Gasteiger partial charge in [0.2, 0.25) is 0 Å². The fraction of sp³-hybridized carbons (Fsp3) is 0.471. The Morgan fingerprint density at radius 3 is 2.75 bits per heavy atom. The Bertz CT molecular complexity index is 450. The highest BCUT2D eigenvalue weighted by Gasteiger charge is 2.09. The molecule has 0 aliphatic carbocycles. The third kappa shape index (κ3) is 4.82. The SMILES string of the molecule is CCCCCC(NCCn1ccnc1)c1ccccc1. The molecular weight excluding hydrogens is 246 g/mol. The van der Waals surface area contributed by atoms with E-state index in [1.807, 2.05) is 18.7 Å². The van der Waals surface area contributed by atoms with Gasteiger partial charge in [-0.25, -0.2) is 4.98 Å². The van der Waals surface area contributed by atoms with E-state index in [4.69, 9.17) is 0 Å². The lowest BCUT2D eigenvalue weighted by molar-refractivity contribution is 0.458. The molecule has 0 bridgehead atoms. The van der Waals surface area contributed by atoms with E-state index in [1.165, 1.54) is 31.2 Å². The molecule has 1 heterocycles. The van der Waals surface area contributed by atoms with Crippen LogP contribution in [0.5, 0.6) is 0 Å². The summed E-state index contributed by atoms with van der Waals surface area (Å²) >= 11 is 0. The third-order valence-corrected chi connectivity index (χ3v) is 3.62. The minimum atomic E-state index is 0.464. The molecule has 1 atom stereocenters. The van der Waals surface area contributed by atoms with Gasteiger partial charge in [-0.1, -0.05) is 56.5 Å². The Labute approximate surface area is 122 Å². The van der Waals surface area contributed by atoms with Crippen molar-refractivity contribution in [3.05, 3.63) is 54.6 Å². The summed E-state index contributed by atoms with van der Waals surface area (Å²) in [6, 6.07) is 11.2. The first-order valence-electron chi connectivity index (χ1n) is 7.64. The second-order valence-corrected chi connectivity index (χ2v) is 5.21. The average molecular weight is 271 g/mol. The summed E-state index contributed by atoms with van der Waals surface area (Å²) in [5, 5.41) is 3.68. The molecule has 0 saturated carbocycles. The van der Waals surface area contributed by atoms with E-state index in [0.717, 1.165) is 13.1 Å².